The number of fused-ring (bicyclic) bond motifs is 1. The van der Waals surface area contributed by atoms with Crippen LogP contribution in [0.3, 0.4) is 0 Å². The number of halogens is 2. The lowest BCUT2D eigenvalue weighted by atomic mass is 10.3. The molecule has 3 rings (SSSR count). The van der Waals surface area contributed by atoms with E-state index in [1.807, 2.05) is 0 Å². The molecule has 3 aromatic rings. The van der Waals surface area contributed by atoms with Crippen molar-refractivity contribution in [1.29, 1.82) is 0 Å². The topological polar surface area (TPSA) is 99.9 Å². The molecule has 7 nitrogen and oxygen atoms in total. The van der Waals surface area contributed by atoms with Crippen LogP contribution in [0.25, 0.3) is 10.3 Å². The summed E-state index contributed by atoms with van der Waals surface area (Å²) in [6.45, 7) is 0. The maximum absolute atomic E-state index is 13.6. The lowest BCUT2D eigenvalue weighted by Gasteiger charge is -2.16. The predicted molar refractivity (Wildman–Crippen MR) is 91.1 cm³/mol. The summed E-state index contributed by atoms with van der Waals surface area (Å²) in [6.07, 6.45) is 0. The van der Waals surface area contributed by atoms with Gasteiger partial charge in [0.15, 0.2) is 5.58 Å². The Balaban J connectivity index is 1.89. The van der Waals surface area contributed by atoms with Crippen molar-refractivity contribution in [2.45, 2.75) is 0 Å². The van der Waals surface area contributed by atoms with Crippen molar-refractivity contribution in [3.8, 4) is 0 Å². The van der Waals surface area contributed by atoms with Gasteiger partial charge in [-0.2, -0.15) is 0 Å². The third-order valence-corrected chi connectivity index (χ3v) is 4.59. The molecule has 0 saturated carbocycles. The molecular weight excluding hydrogens is 370 g/mol. The van der Waals surface area contributed by atoms with Gasteiger partial charge in [0.1, 0.15) is 22.2 Å². The van der Waals surface area contributed by atoms with Gasteiger partial charge < -0.3 is 14.8 Å². The summed E-state index contributed by atoms with van der Waals surface area (Å²) in [6, 6.07) is 4.54. The van der Waals surface area contributed by atoms with E-state index in [-0.39, 0.29) is 11.3 Å². The molecule has 0 atom stereocenters. The molecule has 0 saturated heterocycles. The monoisotopic (exact) mass is 380 g/mol. The van der Waals surface area contributed by atoms with Crippen LogP contribution in [-0.4, -0.2) is 24.2 Å². The van der Waals surface area contributed by atoms with E-state index in [9.17, 15) is 23.2 Å². The van der Waals surface area contributed by atoms with Crippen LogP contribution in [0.4, 0.5) is 24.3 Å². The number of urea groups is 1. The van der Waals surface area contributed by atoms with E-state index in [4.69, 9.17) is 9.52 Å². The van der Waals surface area contributed by atoms with Gasteiger partial charge in [-0.1, -0.05) is 0 Å². The zero-order valence-electron chi connectivity index (χ0n) is 13.1. The molecule has 10 heteroatoms. The third-order valence-electron chi connectivity index (χ3n) is 3.45. The highest BCUT2D eigenvalue weighted by molar-refractivity contribution is 7.22. The Hall–Kier alpha value is -3.27. The number of carboxylic acids is 1. The lowest BCUT2D eigenvalue weighted by molar-refractivity contribution is 0.0692. The minimum absolute atomic E-state index is 0.118. The molecule has 26 heavy (non-hydrogen) atoms. The van der Waals surface area contributed by atoms with Gasteiger partial charge >= 0.3 is 17.6 Å². The van der Waals surface area contributed by atoms with E-state index in [0.717, 1.165) is 34.4 Å². The van der Waals surface area contributed by atoms with Crippen LogP contribution < -0.4 is 15.8 Å². The second kappa shape index (κ2) is 6.56. The Morgan fingerprint density at radius 1 is 1.23 bits per heavy atom. The number of amides is 2. The Morgan fingerprint density at radius 3 is 2.62 bits per heavy atom. The summed E-state index contributed by atoms with van der Waals surface area (Å²) in [4.78, 5) is 35.9. The quantitative estimate of drug-likeness (QED) is 0.724. The molecular formula is C16H10F2N2O5S. The summed E-state index contributed by atoms with van der Waals surface area (Å²) in [5.74, 6) is -3.13. The number of carboxylic acid groups (broad SMARTS) is 1. The fourth-order valence-electron chi connectivity index (χ4n) is 2.11. The number of hydrogen-bond donors (Lipinski definition) is 2. The van der Waals surface area contributed by atoms with E-state index in [2.05, 4.69) is 5.32 Å². The van der Waals surface area contributed by atoms with Crippen LogP contribution in [0, 0.1) is 11.6 Å². The Kier molecular flexibility index (Phi) is 4.43. The van der Waals surface area contributed by atoms with Gasteiger partial charge in [-0.25, -0.2) is 23.2 Å². The van der Waals surface area contributed by atoms with Gasteiger partial charge in [-0.3, -0.25) is 4.90 Å². The number of rotatable bonds is 3. The Bertz CT molecular complexity index is 1090. The molecule has 0 fully saturated rings. The van der Waals surface area contributed by atoms with Gasteiger partial charge in [0.05, 0.1) is 10.4 Å². The normalized spacial score (nSPS) is 10.7. The van der Waals surface area contributed by atoms with Gasteiger partial charge in [0, 0.05) is 19.2 Å². The van der Waals surface area contributed by atoms with E-state index in [1.54, 1.807) is 0 Å². The second-order valence-electron chi connectivity index (χ2n) is 5.18. The van der Waals surface area contributed by atoms with Gasteiger partial charge in [0.2, 0.25) is 0 Å². The minimum atomic E-state index is -1.42. The number of aromatic carboxylic acids is 1. The zero-order chi connectivity index (χ0) is 19.0. The van der Waals surface area contributed by atoms with Crippen molar-refractivity contribution in [3.05, 3.63) is 57.9 Å². The van der Waals surface area contributed by atoms with E-state index >= 15 is 0 Å². The summed E-state index contributed by atoms with van der Waals surface area (Å²) in [7, 11) is 1.39. The minimum Gasteiger partial charge on any atom is -0.477 e. The first-order chi connectivity index (χ1) is 12.3. The van der Waals surface area contributed by atoms with Gasteiger partial charge in [0.25, 0.3) is 0 Å². The van der Waals surface area contributed by atoms with E-state index in [0.29, 0.717) is 15.8 Å². The largest absolute Gasteiger partial charge is 0.477 e. The molecule has 2 aromatic heterocycles. The number of carbonyl (C=O) groups is 2. The summed E-state index contributed by atoms with van der Waals surface area (Å²) in [5, 5.41) is 11.6. The van der Waals surface area contributed by atoms with Gasteiger partial charge in [-0.15, -0.1) is 11.3 Å². The average molecular weight is 380 g/mol. The number of hydrogen-bond acceptors (Lipinski definition) is 5. The van der Waals surface area contributed by atoms with Crippen molar-refractivity contribution in [2.24, 2.45) is 0 Å². The molecule has 0 bridgehead atoms. The molecule has 0 aliphatic rings. The number of anilines is 2. The van der Waals surface area contributed by atoms with E-state index in [1.165, 1.54) is 13.1 Å². The summed E-state index contributed by atoms with van der Waals surface area (Å²) >= 11 is 1.01. The fraction of sp³-hybridized carbons (Fsp3) is 0.0625. The molecule has 2 amide bonds. The molecule has 2 heterocycles. The van der Waals surface area contributed by atoms with Crippen LogP contribution in [0.1, 0.15) is 10.4 Å². The highest BCUT2D eigenvalue weighted by atomic mass is 32.1. The lowest BCUT2D eigenvalue weighted by Crippen LogP contribution is -2.30. The molecule has 134 valence electrons. The van der Waals surface area contributed by atoms with Crippen molar-refractivity contribution < 1.29 is 27.9 Å². The van der Waals surface area contributed by atoms with Crippen molar-refractivity contribution in [3.63, 3.8) is 0 Å². The maximum Gasteiger partial charge on any atom is 0.351 e. The maximum atomic E-state index is 13.6. The van der Waals surface area contributed by atoms with Crippen LogP contribution in [0.15, 0.2) is 39.5 Å². The molecule has 0 aliphatic carbocycles. The van der Waals surface area contributed by atoms with Crippen LogP contribution in [0.5, 0.6) is 0 Å². The number of nitrogens with zero attached hydrogens (tertiary/aromatic N) is 1. The first-order valence-corrected chi connectivity index (χ1v) is 7.88. The molecule has 0 radical (unpaired) electrons. The predicted octanol–water partition coefficient (Wildman–Crippen LogP) is 3.50. The second-order valence-corrected chi connectivity index (χ2v) is 6.24. The van der Waals surface area contributed by atoms with E-state index < -0.39 is 34.8 Å². The Morgan fingerprint density at radius 2 is 1.96 bits per heavy atom. The standard InChI is InChI=1S/C16H10F2N2O5S/c1-20(16(24)19-10-3-2-7(17)4-9(10)18)13-6-11-12(26-13)5-8(14(21)22)15(23)25-11/h2-6H,1H3,(H,19,24)(H,21,22). The summed E-state index contributed by atoms with van der Waals surface area (Å²) in [5.41, 5.74) is -1.61. The van der Waals surface area contributed by atoms with Crippen LogP contribution in [0.2, 0.25) is 0 Å². The number of thiophene rings is 1. The fourth-order valence-corrected chi connectivity index (χ4v) is 3.09. The first-order valence-electron chi connectivity index (χ1n) is 7.07. The SMILES string of the molecule is CN(C(=O)Nc1ccc(F)cc1F)c1cc2oc(=O)c(C(=O)O)cc2s1. The highest BCUT2D eigenvalue weighted by Gasteiger charge is 2.19. The summed E-state index contributed by atoms with van der Waals surface area (Å²) < 4.78 is 31.8. The van der Waals surface area contributed by atoms with Crippen LogP contribution >= 0.6 is 11.3 Å². The van der Waals surface area contributed by atoms with Crippen molar-refractivity contribution in [1.82, 2.24) is 0 Å². The third kappa shape index (κ3) is 3.26. The Labute approximate surface area is 148 Å². The number of carbonyl (C=O) groups excluding carboxylic acids is 1. The highest BCUT2D eigenvalue weighted by Crippen LogP contribution is 2.32. The number of benzene rings is 1. The van der Waals surface area contributed by atoms with Crippen molar-refractivity contribution in [2.75, 3.05) is 17.3 Å². The molecule has 1 aromatic carbocycles. The molecule has 0 aliphatic heterocycles. The molecule has 2 N–H and O–H groups in total. The molecule has 0 unspecified atom stereocenters. The average Bonchev–Trinajstić information content (AvgIpc) is 2.98. The number of nitrogens with one attached hydrogen (secondary N) is 1. The molecule has 0 spiro atoms. The van der Waals surface area contributed by atoms with Crippen molar-refractivity contribution >= 4 is 44.3 Å². The van der Waals surface area contributed by atoms with Crippen LogP contribution in [-0.2, 0) is 0 Å². The first kappa shape index (κ1) is 17.5. The smallest absolute Gasteiger partial charge is 0.351 e. The zero-order valence-corrected chi connectivity index (χ0v) is 13.9. The van der Waals surface area contributed by atoms with Gasteiger partial charge in [-0.05, 0) is 18.2 Å².